The molecular formula is C17H17BrN2O2. The zero-order valence-corrected chi connectivity index (χ0v) is 14.1. The minimum Gasteiger partial charge on any atom is -0.497 e. The van der Waals surface area contributed by atoms with E-state index in [1.54, 1.807) is 13.2 Å². The average Bonchev–Trinajstić information content (AvgIpc) is 2.56. The number of hydrogen-bond acceptors (Lipinski definition) is 3. The predicted molar refractivity (Wildman–Crippen MR) is 91.4 cm³/mol. The number of ether oxygens (including phenoxy) is 1. The highest BCUT2D eigenvalue weighted by molar-refractivity contribution is 9.10. The summed E-state index contributed by atoms with van der Waals surface area (Å²) in [5.41, 5.74) is 4.92. The molecule has 0 aromatic heterocycles. The molecule has 0 saturated heterocycles. The lowest BCUT2D eigenvalue weighted by molar-refractivity contribution is 0.0954. The number of carbonyl (C=O) groups is 1. The zero-order valence-electron chi connectivity index (χ0n) is 12.5. The maximum Gasteiger partial charge on any atom is 0.272 e. The topological polar surface area (TPSA) is 50.7 Å². The number of hydrazone groups is 1. The first-order valence-corrected chi connectivity index (χ1v) is 7.71. The summed E-state index contributed by atoms with van der Waals surface area (Å²) in [5.74, 6) is 0.545. The largest absolute Gasteiger partial charge is 0.497 e. The van der Waals surface area contributed by atoms with Gasteiger partial charge in [-0.15, -0.1) is 0 Å². The van der Waals surface area contributed by atoms with Crippen LogP contribution < -0.4 is 10.2 Å². The lowest BCUT2D eigenvalue weighted by Crippen LogP contribution is -2.20. The molecule has 0 heterocycles. The number of amides is 1. The minimum atomic E-state index is -0.244. The van der Waals surface area contributed by atoms with Crippen LogP contribution in [0.25, 0.3) is 0 Å². The van der Waals surface area contributed by atoms with Gasteiger partial charge < -0.3 is 4.74 Å². The molecule has 0 saturated carbocycles. The third kappa shape index (κ3) is 3.95. The Balaban J connectivity index is 2.15. The van der Waals surface area contributed by atoms with Crippen LogP contribution in [-0.2, 0) is 0 Å². The van der Waals surface area contributed by atoms with Crippen molar-refractivity contribution in [3.8, 4) is 5.75 Å². The predicted octanol–water partition coefficient (Wildman–Crippen LogP) is 4.00. The van der Waals surface area contributed by atoms with Crippen LogP contribution in [0.3, 0.4) is 0 Å². The van der Waals surface area contributed by atoms with E-state index in [4.69, 9.17) is 4.74 Å². The molecule has 2 aromatic rings. The van der Waals surface area contributed by atoms with Gasteiger partial charge in [0.05, 0.1) is 18.4 Å². The van der Waals surface area contributed by atoms with Gasteiger partial charge in [-0.1, -0.05) is 19.1 Å². The van der Waals surface area contributed by atoms with Crippen molar-refractivity contribution >= 4 is 27.5 Å². The number of halogens is 1. The number of nitrogens with one attached hydrogen (secondary N) is 1. The molecule has 0 fully saturated rings. The fourth-order valence-electron chi connectivity index (χ4n) is 1.95. The molecule has 0 radical (unpaired) electrons. The third-order valence-corrected chi connectivity index (χ3v) is 3.86. The molecule has 2 aromatic carbocycles. The third-order valence-electron chi connectivity index (χ3n) is 3.17. The first-order valence-electron chi connectivity index (χ1n) is 6.91. The summed E-state index contributed by atoms with van der Waals surface area (Å²) in [4.78, 5) is 12.1. The number of methoxy groups -OCH3 is 1. The fraction of sp³-hybridized carbons (Fsp3) is 0.176. The van der Waals surface area contributed by atoms with E-state index in [1.807, 2.05) is 49.4 Å². The van der Waals surface area contributed by atoms with Gasteiger partial charge in [0.25, 0.3) is 5.91 Å². The summed E-state index contributed by atoms with van der Waals surface area (Å²) in [7, 11) is 1.63. The molecule has 5 heteroatoms. The maximum atomic E-state index is 12.1. The van der Waals surface area contributed by atoms with Crippen LogP contribution in [0.4, 0.5) is 0 Å². The Labute approximate surface area is 138 Å². The van der Waals surface area contributed by atoms with Crippen LogP contribution in [0.2, 0.25) is 0 Å². The van der Waals surface area contributed by atoms with Gasteiger partial charge in [0.1, 0.15) is 5.75 Å². The van der Waals surface area contributed by atoms with Gasteiger partial charge in [0.2, 0.25) is 0 Å². The Morgan fingerprint density at radius 3 is 2.45 bits per heavy atom. The summed E-state index contributed by atoms with van der Waals surface area (Å²) in [6.07, 6.45) is 0.711. The molecule has 1 N–H and O–H groups in total. The van der Waals surface area contributed by atoms with Gasteiger partial charge in [-0.3, -0.25) is 4.79 Å². The molecular weight excluding hydrogens is 344 g/mol. The average molecular weight is 361 g/mol. The highest BCUT2D eigenvalue weighted by atomic mass is 79.9. The molecule has 0 atom stereocenters. The highest BCUT2D eigenvalue weighted by Crippen LogP contribution is 2.16. The van der Waals surface area contributed by atoms with Crippen LogP contribution in [0, 0.1) is 0 Å². The van der Waals surface area contributed by atoms with E-state index in [2.05, 4.69) is 26.5 Å². The normalized spacial score (nSPS) is 11.1. The van der Waals surface area contributed by atoms with Crippen molar-refractivity contribution in [1.82, 2.24) is 5.43 Å². The first-order chi connectivity index (χ1) is 10.7. The van der Waals surface area contributed by atoms with Crippen LogP contribution in [0.5, 0.6) is 5.75 Å². The van der Waals surface area contributed by atoms with Gasteiger partial charge in [-0.2, -0.15) is 5.10 Å². The Kier molecular flexibility index (Phi) is 5.72. The molecule has 0 spiro atoms. The number of carbonyl (C=O) groups excluding carboxylic acids is 1. The molecule has 2 rings (SSSR count). The van der Waals surface area contributed by atoms with Gasteiger partial charge in [0.15, 0.2) is 0 Å². The van der Waals surface area contributed by atoms with Crippen LogP contribution in [-0.4, -0.2) is 18.7 Å². The highest BCUT2D eigenvalue weighted by Gasteiger charge is 2.09. The molecule has 0 aliphatic carbocycles. The van der Waals surface area contributed by atoms with Gasteiger partial charge in [-0.05, 0) is 64.3 Å². The van der Waals surface area contributed by atoms with E-state index in [0.29, 0.717) is 12.0 Å². The van der Waals surface area contributed by atoms with Crippen molar-refractivity contribution in [1.29, 1.82) is 0 Å². The van der Waals surface area contributed by atoms with Crippen molar-refractivity contribution in [3.05, 3.63) is 64.1 Å². The second-order valence-electron chi connectivity index (χ2n) is 4.56. The Hall–Kier alpha value is -2.14. The van der Waals surface area contributed by atoms with Gasteiger partial charge >= 0.3 is 0 Å². The van der Waals surface area contributed by atoms with Crippen molar-refractivity contribution in [3.63, 3.8) is 0 Å². The molecule has 0 bridgehead atoms. The van der Waals surface area contributed by atoms with Gasteiger partial charge in [0, 0.05) is 4.47 Å². The lowest BCUT2D eigenvalue weighted by atomic mass is 10.1. The number of hydrogen-bond donors (Lipinski definition) is 1. The quantitative estimate of drug-likeness (QED) is 0.646. The first kappa shape index (κ1) is 16.2. The van der Waals surface area contributed by atoms with E-state index in [1.165, 1.54) is 0 Å². The number of benzene rings is 2. The van der Waals surface area contributed by atoms with E-state index in [9.17, 15) is 4.79 Å². The number of rotatable bonds is 5. The Morgan fingerprint density at radius 1 is 1.18 bits per heavy atom. The van der Waals surface area contributed by atoms with Crippen molar-refractivity contribution in [2.45, 2.75) is 13.3 Å². The summed E-state index contributed by atoms with van der Waals surface area (Å²) in [6.45, 7) is 1.99. The SMILES string of the molecule is CCC(=NNC(=O)c1ccccc1Br)c1ccc(OC)cc1. The lowest BCUT2D eigenvalue weighted by Gasteiger charge is -2.07. The fourth-order valence-corrected chi connectivity index (χ4v) is 2.42. The van der Waals surface area contributed by atoms with Crippen LogP contribution >= 0.6 is 15.9 Å². The molecule has 0 unspecified atom stereocenters. The zero-order chi connectivity index (χ0) is 15.9. The van der Waals surface area contributed by atoms with Crippen molar-refractivity contribution < 1.29 is 9.53 Å². The Bertz CT molecular complexity index is 681. The Morgan fingerprint density at radius 2 is 1.86 bits per heavy atom. The molecule has 4 nitrogen and oxygen atoms in total. The molecule has 0 aliphatic heterocycles. The van der Waals surface area contributed by atoms with E-state index in [-0.39, 0.29) is 5.91 Å². The summed E-state index contributed by atoms with van der Waals surface area (Å²) in [5, 5.41) is 4.24. The molecule has 114 valence electrons. The second kappa shape index (κ2) is 7.75. The van der Waals surface area contributed by atoms with Gasteiger partial charge in [-0.25, -0.2) is 5.43 Å². The second-order valence-corrected chi connectivity index (χ2v) is 5.42. The van der Waals surface area contributed by atoms with E-state index < -0.39 is 0 Å². The monoisotopic (exact) mass is 360 g/mol. The minimum absolute atomic E-state index is 0.244. The van der Waals surface area contributed by atoms with Crippen LogP contribution in [0.15, 0.2) is 58.1 Å². The summed E-state index contributed by atoms with van der Waals surface area (Å²) >= 11 is 3.36. The van der Waals surface area contributed by atoms with E-state index in [0.717, 1.165) is 21.5 Å². The summed E-state index contributed by atoms with van der Waals surface area (Å²) in [6, 6.07) is 14.8. The van der Waals surface area contributed by atoms with E-state index >= 15 is 0 Å². The van der Waals surface area contributed by atoms with Crippen molar-refractivity contribution in [2.75, 3.05) is 7.11 Å². The molecule has 1 amide bonds. The smallest absolute Gasteiger partial charge is 0.272 e. The van der Waals surface area contributed by atoms with Crippen LogP contribution in [0.1, 0.15) is 29.3 Å². The standard InChI is InChI=1S/C17H17BrN2O2/c1-3-16(12-8-10-13(22-2)11-9-12)19-20-17(21)14-6-4-5-7-15(14)18/h4-11H,3H2,1-2H3,(H,20,21). The maximum absolute atomic E-state index is 12.1. The molecule has 0 aliphatic rings. The number of nitrogens with zero attached hydrogens (tertiary/aromatic N) is 1. The molecule has 22 heavy (non-hydrogen) atoms. The van der Waals surface area contributed by atoms with Crippen molar-refractivity contribution in [2.24, 2.45) is 5.10 Å². The summed E-state index contributed by atoms with van der Waals surface area (Å²) < 4.78 is 5.88.